The first-order valence-corrected chi connectivity index (χ1v) is 12.5. The van der Waals surface area contributed by atoms with Crippen molar-refractivity contribution in [2.45, 2.75) is 77.4 Å². The number of hydrogen-bond donors (Lipinski definition) is 1. The molecule has 0 bridgehead atoms. The Morgan fingerprint density at radius 1 is 1.22 bits per heavy atom. The second-order valence-electron chi connectivity index (χ2n) is 10.2. The molecule has 1 atom stereocenters. The van der Waals surface area contributed by atoms with Crippen LogP contribution >= 0.6 is 11.3 Å². The van der Waals surface area contributed by atoms with E-state index in [1.54, 1.807) is 11.0 Å². The van der Waals surface area contributed by atoms with E-state index in [-0.39, 0.29) is 22.2 Å². The average Bonchev–Trinajstić information content (AvgIpc) is 3.19. The van der Waals surface area contributed by atoms with Gasteiger partial charge in [-0.3, -0.25) is 4.79 Å². The second kappa shape index (κ2) is 9.17. The number of carbonyl (C=O) groups excluding carboxylic acids is 1. The maximum Gasteiger partial charge on any atom is 0.348 e. The van der Waals surface area contributed by atoms with Crippen molar-refractivity contribution in [2.24, 2.45) is 11.3 Å². The van der Waals surface area contributed by atoms with Gasteiger partial charge in [0.1, 0.15) is 4.88 Å². The Morgan fingerprint density at radius 2 is 1.91 bits per heavy atom. The molecule has 7 heteroatoms. The zero-order chi connectivity index (χ0) is 22.9. The number of nitrogens with zero attached hydrogens (tertiary/aromatic N) is 1. The van der Waals surface area contributed by atoms with Gasteiger partial charge in [0.05, 0.1) is 23.2 Å². The topological polar surface area (TPSA) is 76.1 Å². The number of rotatable bonds is 3. The summed E-state index contributed by atoms with van der Waals surface area (Å²) in [5, 5.41) is 10.00. The molecule has 0 aromatic carbocycles. The Kier molecular flexibility index (Phi) is 6.67. The average molecular weight is 460 g/mol. The molecule has 1 N–H and O–H groups in total. The van der Waals surface area contributed by atoms with Crippen LogP contribution in [0.4, 0.5) is 5.69 Å². The van der Waals surface area contributed by atoms with E-state index < -0.39 is 11.6 Å². The molecule has 2 aliphatic heterocycles. The third-order valence-electron chi connectivity index (χ3n) is 6.69. The lowest BCUT2D eigenvalue weighted by molar-refractivity contribution is -0.170. The van der Waals surface area contributed by atoms with Crippen LogP contribution in [0.5, 0.6) is 0 Å². The highest BCUT2D eigenvalue weighted by Crippen LogP contribution is 2.42. The van der Waals surface area contributed by atoms with Gasteiger partial charge in [-0.1, -0.05) is 31.1 Å². The molecule has 1 unspecified atom stereocenters. The molecular weight excluding hydrogens is 426 g/mol. The summed E-state index contributed by atoms with van der Waals surface area (Å²) in [6.07, 6.45) is 6.57. The number of carbonyl (C=O) groups is 2. The van der Waals surface area contributed by atoms with Gasteiger partial charge >= 0.3 is 5.97 Å². The first-order chi connectivity index (χ1) is 15.2. The summed E-state index contributed by atoms with van der Waals surface area (Å²) in [7, 11) is 0. The zero-order valence-corrected chi connectivity index (χ0v) is 20.1. The standard InChI is InChI=1S/C25H33NO5S/c1-24(2,3)10-9-18-15-19(21(32-18)22(27)28)26-20(17-7-5-4-6-8-17)16-31-25(23(26)29)11-13-30-14-12-25/h15,17,20H,4-8,11-14,16H2,1-3H3,(H,27,28). The van der Waals surface area contributed by atoms with E-state index in [4.69, 9.17) is 9.47 Å². The second-order valence-corrected chi connectivity index (χ2v) is 11.2. The fourth-order valence-corrected chi connectivity index (χ4v) is 5.83. The molecule has 174 valence electrons. The van der Waals surface area contributed by atoms with Crippen LogP contribution < -0.4 is 4.90 Å². The molecule has 1 saturated carbocycles. The normalized spacial score (nSPS) is 24.3. The summed E-state index contributed by atoms with van der Waals surface area (Å²) in [5.74, 6) is 5.51. The summed E-state index contributed by atoms with van der Waals surface area (Å²) in [5.41, 5.74) is -0.632. The van der Waals surface area contributed by atoms with Crippen LogP contribution in [0, 0.1) is 23.2 Å². The van der Waals surface area contributed by atoms with Gasteiger partial charge in [0.2, 0.25) is 0 Å². The maximum atomic E-state index is 14.0. The van der Waals surface area contributed by atoms with E-state index in [1.165, 1.54) is 6.42 Å². The number of anilines is 1. The van der Waals surface area contributed by atoms with Crippen LogP contribution in [0.1, 0.15) is 80.3 Å². The highest BCUT2D eigenvalue weighted by Gasteiger charge is 2.52. The van der Waals surface area contributed by atoms with Crippen LogP contribution in [0.3, 0.4) is 0 Å². The lowest BCUT2D eigenvalue weighted by atomic mass is 9.80. The molecule has 1 amide bonds. The van der Waals surface area contributed by atoms with Crippen LogP contribution in [-0.4, -0.2) is 48.4 Å². The van der Waals surface area contributed by atoms with E-state index in [0.29, 0.717) is 49.1 Å². The molecule has 1 aliphatic carbocycles. The van der Waals surface area contributed by atoms with Gasteiger partial charge in [-0.15, -0.1) is 11.3 Å². The Morgan fingerprint density at radius 3 is 2.53 bits per heavy atom. The fraction of sp³-hybridized carbons (Fsp3) is 0.680. The number of ether oxygens (including phenoxy) is 2. The highest BCUT2D eigenvalue weighted by molar-refractivity contribution is 7.15. The third kappa shape index (κ3) is 4.73. The monoisotopic (exact) mass is 459 g/mol. The molecular formula is C25H33NO5S. The molecule has 0 radical (unpaired) electrons. The van der Waals surface area contributed by atoms with Crippen molar-refractivity contribution < 1.29 is 24.2 Å². The third-order valence-corrected chi connectivity index (χ3v) is 7.72. The van der Waals surface area contributed by atoms with Crippen LogP contribution in [0.15, 0.2) is 6.07 Å². The lowest BCUT2D eigenvalue weighted by Crippen LogP contribution is -2.64. The van der Waals surface area contributed by atoms with E-state index in [9.17, 15) is 14.7 Å². The fourth-order valence-electron chi connectivity index (χ4n) is 4.99. The molecule has 6 nitrogen and oxygen atoms in total. The minimum atomic E-state index is -1.02. The number of thiophene rings is 1. The predicted molar refractivity (Wildman–Crippen MR) is 124 cm³/mol. The van der Waals surface area contributed by atoms with Crippen molar-refractivity contribution >= 4 is 28.9 Å². The minimum absolute atomic E-state index is 0.113. The summed E-state index contributed by atoms with van der Waals surface area (Å²) < 4.78 is 11.8. The minimum Gasteiger partial charge on any atom is -0.477 e. The molecule has 3 aliphatic rings. The Balaban J connectivity index is 1.77. The summed E-state index contributed by atoms with van der Waals surface area (Å²) in [4.78, 5) is 28.8. The summed E-state index contributed by atoms with van der Waals surface area (Å²) in [6.45, 7) is 7.45. The van der Waals surface area contributed by atoms with Crippen LogP contribution in [0.2, 0.25) is 0 Å². The Bertz CT molecular complexity index is 922. The quantitative estimate of drug-likeness (QED) is 0.663. The maximum absolute atomic E-state index is 14.0. The molecule has 1 spiro atoms. The first-order valence-electron chi connectivity index (χ1n) is 11.7. The smallest absolute Gasteiger partial charge is 0.348 e. The summed E-state index contributed by atoms with van der Waals surface area (Å²) in [6, 6.07) is 1.66. The van der Waals surface area contributed by atoms with E-state index in [1.807, 2.05) is 20.8 Å². The number of carboxylic acid groups (broad SMARTS) is 1. The van der Waals surface area contributed by atoms with Gasteiger partial charge in [0, 0.05) is 31.5 Å². The number of carboxylic acids is 1. The van der Waals surface area contributed by atoms with Gasteiger partial charge in [-0.25, -0.2) is 4.79 Å². The van der Waals surface area contributed by atoms with E-state index in [0.717, 1.165) is 37.0 Å². The Hall–Kier alpha value is -1.88. The summed E-state index contributed by atoms with van der Waals surface area (Å²) >= 11 is 1.16. The van der Waals surface area contributed by atoms with Crippen LogP contribution in [-0.2, 0) is 14.3 Å². The zero-order valence-electron chi connectivity index (χ0n) is 19.2. The van der Waals surface area contributed by atoms with Crippen molar-refractivity contribution in [1.29, 1.82) is 0 Å². The molecule has 32 heavy (non-hydrogen) atoms. The lowest BCUT2D eigenvalue weighted by Gasteiger charge is -2.49. The van der Waals surface area contributed by atoms with Crippen molar-refractivity contribution in [3.05, 3.63) is 15.8 Å². The number of morpholine rings is 1. The van der Waals surface area contributed by atoms with E-state index >= 15 is 0 Å². The van der Waals surface area contributed by atoms with Crippen LogP contribution in [0.25, 0.3) is 0 Å². The molecule has 3 heterocycles. The number of amides is 1. The highest BCUT2D eigenvalue weighted by atomic mass is 32.1. The molecule has 1 aromatic heterocycles. The first kappa shape index (κ1) is 23.3. The van der Waals surface area contributed by atoms with Gasteiger partial charge in [0.25, 0.3) is 5.91 Å². The van der Waals surface area contributed by atoms with Gasteiger partial charge in [-0.05, 0) is 45.6 Å². The molecule has 3 fully saturated rings. The van der Waals surface area contributed by atoms with E-state index in [2.05, 4.69) is 11.8 Å². The van der Waals surface area contributed by atoms with Gasteiger partial charge in [0.15, 0.2) is 5.60 Å². The SMILES string of the molecule is CC(C)(C)C#Cc1cc(N2C(=O)C3(CCOCC3)OCC2C2CCCCC2)c(C(=O)O)s1. The Labute approximate surface area is 194 Å². The predicted octanol–water partition coefficient (Wildman–Crippen LogP) is 4.71. The van der Waals surface area contributed by atoms with Crippen molar-refractivity contribution in [3.8, 4) is 11.8 Å². The van der Waals surface area contributed by atoms with Gasteiger partial charge in [-0.2, -0.15) is 0 Å². The van der Waals surface area contributed by atoms with Gasteiger partial charge < -0.3 is 19.5 Å². The molecule has 4 rings (SSSR count). The van der Waals surface area contributed by atoms with Crippen molar-refractivity contribution in [2.75, 3.05) is 24.7 Å². The number of aromatic carboxylic acids is 1. The number of hydrogen-bond acceptors (Lipinski definition) is 5. The largest absolute Gasteiger partial charge is 0.477 e. The molecule has 1 aromatic rings. The molecule has 2 saturated heterocycles. The van der Waals surface area contributed by atoms with Crippen molar-refractivity contribution in [3.63, 3.8) is 0 Å². The van der Waals surface area contributed by atoms with Crippen molar-refractivity contribution in [1.82, 2.24) is 0 Å².